The standard InChI is InChI=1S/C15H17ClN2O5S/c16-11-3-5-12(6-4-11)23-24(21,22)10-9-18-13(19)15(17-14(18)20)7-1-2-8-15/h3-6H,1-2,7-10H2,(H,17,20). The van der Waals surface area contributed by atoms with E-state index in [2.05, 4.69) is 5.32 Å². The Kier molecular flexibility index (Phi) is 4.44. The van der Waals surface area contributed by atoms with Gasteiger partial charge >= 0.3 is 16.1 Å². The number of benzene rings is 1. The van der Waals surface area contributed by atoms with Crippen LogP contribution in [-0.2, 0) is 14.9 Å². The molecule has 7 nitrogen and oxygen atoms in total. The highest BCUT2D eigenvalue weighted by atomic mass is 35.5. The van der Waals surface area contributed by atoms with Gasteiger partial charge in [-0.3, -0.25) is 9.69 Å². The summed E-state index contributed by atoms with van der Waals surface area (Å²) in [7, 11) is -3.93. The molecule has 1 heterocycles. The summed E-state index contributed by atoms with van der Waals surface area (Å²) in [5, 5.41) is 3.17. The van der Waals surface area contributed by atoms with Crippen LogP contribution in [0.5, 0.6) is 5.75 Å². The Labute approximate surface area is 145 Å². The molecule has 2 aliphatic rings. The molecule has 1 N–H and O–H groups in total. The number of amides is 3. The predicted molar refractivity (Wildman–Crippen MR) is 87.3 cm³/mol. The Balaban J connectivity index is 1.63. The molecule has 1 aromatic rings. The molecule has 2 fully saturated rings. The molecule has 3 amide bonds. The number of urea groups is 1. The number of hydrogen-bond acceptors (Lipinski definition) is 5. The average molecular weight is 373 g/mol. The summed E-state index contributed by atoms with van der Waals surface area (Å²) in [4.78, 5) is 25.4. The van der Waals surface area contributed by atoms with Gasteiger partial charge in [-0.05, 0) is 37.1 Å². The van der Waals surface area contributed by atoms with Crippen LogP contribution in [0.3, 0.4) is 0 Å². The van der Waals surface area contributed by atoms with Gasteiger partial charge in [-0.1, -0.05) is 24.4 Å². The molecule has 0 atom stereocenters. The monoisotopic (exact) mass is 372 g/mol. The van der Waals surface area contributed by atoms with E-state index in [4.69, 9.17) is 15.8 Å². The molecule has 1 saturated carbocycles. The van der Waals surface area contributed by atoms with E-state index in [-0.39, 0.29) is 18.2 Å². The molecule has 1 aliphatic carbocycles. The summed E-state index contributed by atoms with van der Waals surface area (Å²) in [5.74, 6) is -0.680. The van der Waals surface area contributed by atoms with Crippen LogP contribution in [0.4, 0.5) is 4.79 Å². The summed E-state index contributed by atoms with van der Waals surface area (Å²) >= 11 is 5.73. The van der Waals surface area contributed by atoms with Crippen molar-refractivity contribution in [3.05, 3.63) is 29.3 Å². The third-order valence-electron chi connectivity index (χ3n) is 4.30. The lowest BCUT2D eigenvalue weighted by atomic mass is 9.98. The van der Waals surface area contributed by atoms with Crippen molar-refractivity contribution in [3.8, 4) is 5.75 Å². The van der Waals surface area contributed by atoms with Crippen molar-refractivity contribution in [2.24, 2.45) is 0 Å². The van der Waals surface area contributed by atoms with E-state index >= 15 is 0 Å². The maximum absolute atomic E-state index is 12.4. The molecule has 24 heavy (non-hydrogen) atoms. The molecular formula is C15H17ClN2O5S. The van der Waals surface area contributed by atoms with Crippen LogP contribution in [0, 0.1) is 0 Å². The molecule has 0 aromatic heterocycles. The van der Waals surface area contributed by atoms with Crippen LogP contribution in [0.25, 0.3) is 0 Å². The Bertz CT molecular complexity index is 757. The molecule has 1 saturated heterocycles. The summed E-state index contributed by atoms with van der Waals surface area (Å²) in [5.41, 5.74) is -0.835. The van der Waals surface area contributed by atoms with E-state index in [0.717, 1.165) is 17.7 Å². The van der Waals surface area contributed by atoms with E-state index in [1.54, 1.807) is 0 Å². The molecule has 0 radical (unpaired) electrons. The van der Waals surface area contributed by atoms with Crippen molar-refractivity contribution in [2.75, 3.05) is 12.3 Å². The largest absolute Gasteiger partial charge is 0.382 e. The molecule has 0 unspecified atom stereocenters. The maximum Gasteiger partial charge on any atom is 0.325 e. The fourth-order valence-electron chi connectivity index (χ4n) is 3.08. The average Bonchev–Trinajstić information content (AvgIpc) is 3.07. The summed E-state index contributed by atoms with van der Waals surface area (Å²) in [6.07, 6.45) is 2.94. The van der Waals surface area contributed by atoms with Crippen LogP contribution in [-0.4, -0.2) is 43.1 Å². The number of imide groups is 1. The fraction of sp³-hybridized carbons (Fsp3) is 0.467. The zero-order chi connectivity index (χ0) is 17.4. The first-order valence-electron chi connectivity index (χ1n) is 7.63. The van der Waals surface area contributed by atoms with Crippen LogP contribution < -0.4 is 9.50 Å². The van der Waals surface area contributed by atoms with Gasteiger partial charge in [0.1, 0.15) is 17.0 Å². The minimum Gasteiger partial charge on any atom is -0.382 e. The zero-order valence-electron chi connectivity index (χ0n) is 12.8. The number of halogens is 1. The molecule has 3 rings (SSSR count). The van der Waals surface area contributed by atoms with Gasteiger partial charge in [-0.15, -0.1) is 0 Å². The highest BCUT2D eigenvalue weighted by Gasteiger charge is 2.52. The zero-order valence-corrected chi connectivity index (χ0v) is 14.4. The molecule has 1 aromatic carbocycles. The molecule has 9 heteroatoms. The summed E-state index contributed by atoms with van der Waals surface area (Å²) in [6.45, 7) is -0.234. The highest BCUT2D eigenvalue weighted by molar-refractivity contribution is 7.87. The van der Waals surface area contributed by atoms with Crippen molar-refractivity contribution in [1.29, 1.82) is 0 Å². The van der Waals surface area contributed by atoms with E-state index < -0.39 is 27.4 Å². The lowest BCUT2D eigenvalue weighted by molar-refractivity contribution is -0.130. The van der Waals surface area contributed by atoms with Gasteiger partial charge in [0.2, 0.25) is 0 Å². The number of rotatable bonds is 5. The number of carbonyl (C=O) groups excluding carboxylic acids is 2. The van der Waals surface area contributed by atoms with E-state index in [1.165, 1.54) is 24.3 Å². The van der Waals surface area contributed by atoms with Gasteiger partial charge in [0.25, 0.3) is 5.91 Å². The van der Waals surface area contributed by atoms with Crippen molar-refractivity contribution in [2.45, 2.75) is 31.2 Å². The first-order valence-corrected chi connectivity index (χ1v) is 9.59. The number of nitrogens with one attached hydrogen (secondary N) is 1. The van der Waals surface area contributed by atoms with Crippen LogP contribution >= 0.6 is 11.6 Å². The van der Waals surface area contributed by atoms with Crippen molar-refractivity contribution in [1.82, 2.24) is 10.2 Å². The maximum atomic E-state index is 12.4. The van der Waals surface area contributed by atoms with Crippen LogP contribution in [0.2, 0.25) is 5.02 Å². The second-order valence-corrected chi connectivity index (χ2v) is 8.10. The Hall–Kier alpha value is -1.80. The van der Waals surface area contributed by atoms with E-state index in [9.17, 15) is 18.0 Å². The highest BCUT2D eigenvalue weighted by Crippen LogP contribution is 2.34. The smallest absolute Gasteiger partial charge is 0.325 e. The second kappa shape index (κ2) is 6.25. The number of hydrogen-bond donors (Lipinski definition) is 1. The van der Waals surface area contributed by atoms with Gasteiger partial charge in [-0.25, -0.2) is 4.79 Å². The molecular weight excluding hydrogens is 356 g/mol. The minimum absolute atomic E-state index is 0.129. The third kappa shape index (κ3) is 3.34. The van der Waals surface area contributed by atoms with E-state index in [1.807, 2.05) is 0 Å². The van der Waals surface area contributed by atoms with Crippen molar-refractivity contribution < 1.29 is 22.2 Å². The minimum atomic E-state index is -3.93. The van der Waals surface area contributed by atoms with Gasteiger partial charge in [-0.2, -0.15) is 8.42 Å². The predicted octanol–water partition coefficient (Wildman–Crippen LogP) is 1.91. The topological polar surface area (TPSA) is 92.8 Å². The van der Waals surface area contributed by atoms with Crippen molar-refractivity contribution >= 4 is 33.7 Å². The summed E-state index contributed by atoms with van der Waals surface area (Å²) < 4.78 is 29.0. The van der Waals surface area contributed by atoms with Gasteiger partial charge < -0.3 is 9.50 Å². The lowest BCUT2D eigenvalue weighted by Crippen LogP contribution is -2.44. The molecule has 130 valence electrons. The lowest BCUT2D eigenvalue weighted by Gasteiger charge is -2.19. The normalized spacial score (nSPS) is 19.8. The SMILES string of the molecule is O=C1NC2(CCCC2)C(=O)N1CCS(=O)(=O)Oc1ccc(Cl)cc1. The van der Waals surface area contributed by atoms with Crippen LogP contribution in [0.1, 0.15) is 25.7 Å². The van der Waals surface area contributed by atoms with Gasteiger partial charge in [0, 0.05) is 11.6 Å². The summed E-state index contributed by atoms with van der Waals surface area (Å²) in [6, 6.07) is 5.34. The third-order valence-corrected chi connectivity index (χ3v) is 5.69. The second-order valence-electron chi connectivity index (χ2n) is 5.98. The molecule has 0 bridgehead atoms. The van der Waals surface area contributed by atoms with Crippen molar-refractivity contribution in [3.63, 3.8) is 0 Å². The first-order chi connectivity index (χ1) is 11.3. The Morgan fingerprint density at radius 1 is 1.17 bits per heavy atom. The van der Waals surface area contributed by atoms with E-state index in [0.29, 0.717) is 17.9 Å². The van der Waals surface area contributed by atoms with Gasteiger partial charge in [0.05, 0.1) is 0 Å². The number of nitrogens with zero attached hydrogens (tertiary/aromatic N) is 1. The molecule has 1 spiro atoms. The van der Waals surface area contributed by atoms with Gasteiger partial charge in [0.15, 0.2) is 0 Å². The Morgan fingerprint density at radius 3 is 2.42 bits per heavy atom. The quantitative estimate of drug-likeness (QED) is 0.629. The Morgan fingerprint density at radius 2 is 1.79 bits per heavy atom. The fourth-order valence-corrected chi connectivity index (χ4v) is 4.10. The number of carbonyl (C=O) groups is 2. The first kappa shape index (κ1) is 17.0. The molecule has 1 aliphatic heterocycles. The van der Waals surface area contributed by atoms with Crippen LogP contribution in [0.15, 0.2) is 24.3 Å².